The Morgan fingerprint density at radius 3 is 1.76 bits per heavy atom. The topological polar surface area (TPSA) is 55.8 Å². The Morgan fingerprint density at radius 1 is 0.600 bits per heavy atom. The average molecular weight is 678 g/mol. The number of carbonyl (C=O) groups excluding carboxylic acids is 2. The van der Waals surface area contributed by atoms with Crippen LogP contribution in [-0.4, -0.2) is 37.0 Å². The molecule has 0 aliphatic carbocycles. The first-order chi connectivity index (χ1) is 24.4. The van der Waals surface area contributed by atoms with Crippen molar-refractivity contribution in [2.24, 2.45) is 0 Å². The molecule has 0 spiro atoms. The van der Waals surface area contributed by atoms with E-state index in [0.717, 1.165) is 72.0 Å². The first-order valence-electron chi connectivity index (χ1n) is 19.2. The van der Waals surface area contributed by atoms with E-state index >= 15 is 0 Å². The maximum Gasteiger partial charge on any atom is 0.343 e. The number of esters is 1. The fourth-order valence-electron chi connectivity index (χ4n) is 6.42. The van der Waals surface area contributed by atoms with Gasteiger partial charge in [0.25, 0.3) is 0 Å². The van der Waals surface area contributed by atoms with Crippen molar-refractivity contribution >= 4 is 22.6 Å². The molecule has 5 heteroatoms. The van der Waals surface area contributed by atoms with Crippen molar-refractivity contribution in [1.82, 2.24) is 4.90 Å². The van der Waals surface area contributed by atoms with E-state index in [9.17, 15) is 9.59 Å². The molecule has 0 unspecified atom stereocenters. The number of unbranched alkanes of at least 4 members (excludes halogenated alkanes) is 12. The van der Waals surface area contributed by atoms with Gasteiger partial charge in [-0.25, -0.2) is 4.79 Å². The molecule has 0 heterocycles. The van der Waals surface area contributed by atoms with Crippen molar-refractivity contribution in [3.05, 3.63) is 96.1 Å². The molecule has 0 bridgehead atoms. The highest BCUT2D eigenvalue weighted by Gasteiger charge is 2.19. The molecule has 5 nitrogen and oxygen atoms in total. The predicted octanol–water partition coefficient (Wildman–Crippen LogP) is 12.2. The molecule has 50 heavy (non-hydrogen) atoms. The highest BCUT2D eigenvalue weighted by atomic mass is 16.5. The van der Waals surface area contributed by atoms with Crippen LogP contribution in [-0.2, 0) is 4.79 Å². The summed E-state index contributed by atoms with van der Waals surface area (Å²) < 4.78 is 11.7. The summed E-state index contributed by atoms with van der Waals surface area (Å²) in [5.74, 6) is 0.892. The fourth-order valence-corrected chi connectivity index (χ4v) is 6.42. The third kappa shape index (κ3) is 12.3. The minimum atomic E-state index is -0.399. The lowest BCUT2D eigenvalue weighted by Gasteiger charge is -2.22. The van der Waals surface area contributed by atoms with E-state index in [2.05, 4.69) is 32.0 Å². The largest absolute Gasteiger partial charge is 0.494 e. The monoisotopic (exact) mass is 677 g/mol. The molecule has 0 N–H and O–H groups in total. The zero-order chi connectivity index (χ0) is 35.6. The van der Waals surface area contributed by atoms with Gasteiger partial charge in [-0.1, -0.05) is 139 Å². The SMILES string of the molecule is CCCCCCCCCCCCCOc1ccc(-c2ccc(C(=O)Oc3ccc4cc([C@H](C)C(=O)N(C)CCCCC)ccc4c3)cc2)cc1. The third-order valence-corrected chi connectivity index (χ3v) is 9.71. The lowest BCUT2D eigenvalue weighted by atomic mass is 9.96. The standard InChI is InChI=1S/C45H59NO4/c1-5-7-9-10-11-12-13-14-15-16-18-32-49-42-28-25-37(26-29-42)36-19-21-38(22-20-36)45(48)50-43-30-27-40-33-39(23-24-41(40)34-43)35(3)44(47)46(4)31-17-8-6-2/h19-30,33-35H,5-18,31-32H2,1-4H3/t35-/m0/s1. The number of likely N-dealkylation sites (N-methyl/N-ethyl adjacent to an activating group) is 1. The van der Waals surface area contributed by atoms with E-state index in [4.69, 9.17) is 9.47 Å². The molecule has 0 aliphatic rings. The number of fused-ring (bicyclic) bond motifs is 1. The van der Waals surface area contributed by atoms with Gasteiger partial charge in [0, 0.05) is 13.6 Å². The van der Waals surface area contributed by atoms with Gasteiger partial charge in [0.1, 0.15) is 11.5 Å². The molecule has 0 saturated heterocycles. The van der Waals surface area contributed by atoms with Crippen LogP contribution < -0.4 is 9.47 Å². The number of benzene rings is 4. The quantitative estimate of drug-likeness (QED) is 0.0472. The minimum absolute atomic E-state index is 0.132. The van der Waals surface area contributed by atoms with Crippen molar-refractivity contribution < 1.29 is 19.1 Å². The lowest BCUT2D eigenvalue weighted by molar-refractivity contribution is -0.131. The van der Waals surface area contributed by atoms with Crippen molar-refractivity contribution in [3.8, 4) is 22.6 Å². The maximum absolute atomic E-state index is 13.0. The van der Waals surface area contributed by atoms with E-state index in [1.54, 1.807) is 12.1 Å². The van der Waals surface area contributed by atoms with Crippen LogP contribution in [0.3, 0.4) is 0 Å². The Bertz CT molecular complexity index is 1590. The Kier molecular flexibility index (Phi) is 16.4. The van der Waals surface area contributed by atoms with Crippen LogP contribution in [0.2, 0.25) is 0 Å². The molecule has 4 aromatic rings. The van der Waals surface area contributed by atoms with Crippen molar-refractivity contribution in [2.75, 3.05) is 20.2 Å². The van der Waals surface area contributed by atoms with Gasteiger partial charge in [-0.15, -0.1) is 0 Å². The van der Waals surface area contributed by atoms with Crippen molar-refractivity contribution in [1.29, 1.82) is 0 Å². The summed E-state index contributed by atoms with van der Waals surface area (Å²) in [6.07, 6.45) is 17.9. The molecular formula is C45H59NO4. The first kappa shape index (κ1) is 38.7. The minimum Gasteiger partial charge on any atom is -0.494 e. The molecule has 0 saturated carbocycles. The van der Waals surface area contributed by atoms with Crippen LogP contribution in [0.1, 0.15) is 133 Å². The van der Waals surface area contributed by atoms with Crippen molar-refractivity contribution in [2.45, 2.75) is 117 Å². The van der Waals surface area contributed by atoms with Crippen LogP contribution in [0.15, 0.2) is 84.9 Å². The Labute approximate surface area is 301 Å². The second kappa shape index (κ2) is 21.2. The zero-order valence-electron chi connectivity index (χ0n) is 31.1. The molecule has 0 radical (unpaired) electrons. The summed E-state index contributed by atoms with van der Waals surface area (Å²) >= 11 is 0. The highest BCUT2D eigenvalue weighted by Crippen LogP contribution is 2.28. The molecule has 268 valence electrons. The number of ether oxygens (including phenoxy) is 2. The van der Waals surface area contributed by atoms with Gasteiger partial charge in [-0.2, -0.15) is 0 Å². The molecule has 0 fully saturated rings. The molecule has 0 aliphatic heterocycles. The molecular weight excluding hydrogens is 618 g/mol. The molecule has 0 aromatic heterocycles. The summed E-state index contributed by atoms with van der Waals surface area (Å²) in [4.78, 5) is 27.8. The highest BCUT2D eigenvalue weighted by molar-refractivity contribution is 5.93. The van der Waals surface area contributed by atoms with E-state index in [1.807, 2.05) is 73.5 Å². The zero-order valence-corrected chi connectivity index (χ0v) is 31.1. The van der Waals surface area contributed by atoms with Crippen molar-refractivity contribution in [3.63, 3.8) is 0 Å². The van der Waals surface area contributed by atoms with E-state index in [-0.39, 0.29) is 11.8 Å². The predicted molar refractivity (Wildman–Crippen MR) is 208 cm³/mol. The maximum atomic E-state index is 13.0. The van der Waals surface area contributed by atoms with Crippen LogP contribution in [0, 0.1) is 0 Å². The molecule has 4 rings (SSSR count). The number of carbonyl (C=O) groups is 2. The van der Waals surface area contributed by atoms with Crippen LogP contribution >= 0.6 is 0 Å². The van der Waals surface area contributed by atoms with Gasteiger partial charge in [-0.3, -0.25) is 4.79 Å². The van der Waals surface area contributed by atoms with Gasteiger partial charge >= 0.3 is 5.97 Å². The number of rotatable bonds is 22. The summed E-state index contributed by atoms with van der Waals surface area (Å²) in [6.45, 7) is 7.94. The summed E-state index contributed by atoms with van der Waals surface area (Å²) in [7, 11) is 1.89. The normalized spacial score (nSPS) is 11.8. The van der Waals surface area contributed by atoms with Crippen LogP contribution in [0.25, 0.3) is 21.9 Å². The Balaban J connectivity index is 1.20. The fraction of sp³-hybridized carbons (Fsp3) is 0.467. The second-order valence-corrected chi connectivity index (χ2v) is 13.8. The van der Waals surface area contributed by atoms with Crippen LogP contribution in [0.5, 0.6) is 11.5 Å². The lowest BCUT2D eigenvalue weighted by Crippen LogP contribution is -2.31. The summed E-state index contributed by atoms with van der Waals surface area (Å²) in [6, 6.07) is 27.3. The second-order valence-electron chi connectivity index (χ2n) is 13.8. The van der Waals surface area contributed by atoms with E-state index in [1.165, 1.54) is 64.2 Å². The third-order valence-electron chi connectivity index (χ3n) is 9.71. The molecule has 4 aromatic carbocycles. The number of hydrogen-bond donors (Lipinski definition) is 0. The summed E-state index contributed by atoms with van der Waals surface area (Å²) in [5, 5.41) is 1.96. The smallest absolute Gasteiger partial charge is 0.343 e. The molecule has 1 atom stereocenters. The van der Waals surface area contributed by atoms with Gasteiger partial charge in [0.05, 0.1) is 18.1 Å². The van der Waals surface area contributed by atoms with Crippen LogP contribution in [0.4, 0.5) is 0 Å². The van der Waals surface area contributed by atoms with Gasteiger partial charge in [-0.05, 0) is 83.6 Å². The molecule has 1 amide bonds. The number of amides is 1. The number of nitrogens with zero attached hydrogens (tertiary/aromatic N) is 1. The first-order valence-corrected chi connectivity index (χ1v) is 19.2. The van der Waals surface area contributed by atoms with Gasteiger partial charge in [0.2, 0.25) is 5.91 Å². The average Bonchev–Trinajstić information content (AvgIpc) is 3.14. The van der Waals surface area contributed by atoms with Gasteiger partial charge in [0.15, 0.2) is 0 Å². The Morgan fingerprint density at radius 2 is 1.12 bits per heavy atom. The number of hydrogen-bond acceptors (Lipinski definition) is 4. The summed E-state index contributed by atoms with van der Waals surface area (Å²) in [5.41, 5.74) is 3.57. The van der Waals surface area contributed by atoms with Gasteiger partial charge < -0.3 is 14.4 Å². The van der Waals surface area contributed by atoms with E-state index in [0.29, 0.717) is 11.3 Å². The Hall–Kier alpha value is -4.12. The van der Waals surface area contributed by atoms with E-state index < -0.39 is 5.97 Å².